The molecule has 2 unspecified atom stereocenters. The first kappa shape index (κ1) is 12.1. The summed E-state index contributed by atoms with van der Waals surface area (Å²) in [6.45, 7) is 3.69. The average Bonchev–Trinajstić information content (AvgIpc) is 2.90. The van der Waals surface area contributed by atoms with Gasteiger partial charge in [0.25, 0.3) is 0 Å². The lowest BCUT2D eigenvalue weighted by Crippen LogP contribution is -2.39. The fourth-order valence-corrected chi connectivity index (χ4v) is 3.36. The van der Waals surface area contributed by atoms with Crippen LogP contribution in [0.2, 0.25) is 0 Å². The Morgan fingerprint density at radius 3 is 2.72 bits per heavy atom. The number of fused-ring (bicyclic) bond motifs is 2. The lowest BCUT2D eigenvalue weighted by Gasteiger charge is -2.34. The van der Waals surface area contributed by atoms with Crippen molar-refractivity contribution in [1.29, 1.82) is 0 Å². The van der Waals surface area contributed by atoms with Crippen molar-refractivity contribution < 1.29 is 4.52 Å². The maximum atomic E-state index is 5.30. The SMILES string of the molecule is CCNCc1nc(C2CC3CCC(C2)N3C)no1. The summed E-state index contributed by atoms with van der Waals surface area (Å²) in [4.78, 5) is 7.07. The predicted octanol–water partition coefficient (Wildman–Crippen LogP) is 1.52. The maximum absolute atomic E-state index is 5.30. The Kier molecular flexibility index (Phi) is 3.35. The molecule has 0 spiro atoms. The van der Waals surface area contributed by atoms with Crippen molar-refractivity contribution in [3.63, 3.8) is 0 Å². The van der Waals surface area contributed by atoms with Crippen LogP contribution in [-0.2, 0) is 6.54 Å². The molecule has 100 valence electrons. The van der Waals surface area contributed by atoms with Gasteiger partial charge in [-0.3, -0.25) is 0 Å². The number of hydrogen-bond donors (Lipinski definition) is 1. The minimum atomic E-state index is 0.498. The summed E-state index contributed by atoms with van der Waals surface area (Å²) in [6.07, 6.45) is 5.04. The molecule has 2 saturated heterocycles. The van der Waals surface area contributed by atoms with Gasteiger partial charge in [-0.1, -0.05) is 12.1 Å². The van der Waals surface area contributed by atoms with Crippen LogP contribution in [0.25, 0.3) is 0 Å². The van der Waals surface area contributed by atoms with Crippen LogP contribution in [-0.4, -0.2) is 40.7 Å². The zero-order valence-corrected chi connectivity index (χ0v) is 11.2. The zero-order valence-electron chi connectivity index (χ0n) is 11.2. The van der Waals surface area contributed by atoms with E-state index in [4.69, 9.17) is 4.52 Å². The Labute approximate surface area is 108 Å². The molecule has 3 heterocycles. The van der Waals surface area contributed by atoms with E-state index in [-0.39, 0.29) is 0 Å². The second kappa shape index (κ2) is 4.97. The van der Waals surface area contributed by atoms with Crippen molar-refractivity contribution in [2.75, 3.05) is 13.6 Å². The van der Waals surface area contributed by atoms with Gasteiger partial charge in [0.2, 0.25) is 5.89 Å². The molecule has 0 aliphatic carbocycles. The Balaban J connectivity index is 1.66. The molecular weight excluding hydrogens is 228 g/mol. The van der Waals surface area contributed by atoms with Crippen LogP contribution >= 0.6 is 0 Å². The molecule has 2 bridgehead atoms. The van der Waals surface area contributed by atoms with Crippen LogP contribution in [0.1, 0.15) is 50.2 Å². The summed E-state index contributed by atoms with van der Waals surface area (Å²) < 4.78 is 5.30. The largest absolute Gasteiger partial charge is 0.338 e. The van der Waals surface area contributed by atoms with Gasteiger partial charge in [-0.15, -0.1) is 0 Å². The van der Waals surface area contributed by atoms with Crippen molar-refractivity contribution in [3.8, 4) is 0 Å². The van der Waals surface area contributed by atoms with Crippen molar-refractivity contribution in [2.45, 2.75) is 57.2 Å². The van der Waals surface area contributed by atoms with Crippen LogP contribution in [0.5, 0.6) is 0 Å². The van der Waals surface area contributed by atoms with E-state index >= 15 is 0 Å². The van der Waals surface area contributed by atoms with E-state index in [1.807, 2.05) is 0 Å². The monoisotopic (exact) mass is 250 g/mol. The molecule has 3 rings (SSSR count). The van der Waals surface area contributed by atoms with Gasteiger partial charge >= 0.3 is 0 Å². The van der Waals surface area contributed by atoms with E-state index in [0.29, 0.717) is 12.5 Å². The van der Waals surface area contributed by atoms with Crippen LogP contribution in [0.15, 0.2) is 4.52 Å². The molecule has 2 atom stereocenters. The summed E-state index contributed by atoms with van der Waals surface area (Å²) >= 11 is 0. The molecule has 2 fully saturated rings. The summed E-state index contributed by atoms with van der Waals surface area (Å²) in [5, 5.41) is 7.38. The van der Waals surface area contributed by atoms with Crippen molar-refractivity contribution in [2.24, 2.45) is 0 Å². The highest BCUT2D eigenvalue weighted by Gasteiger charge is 2.40. The van der Waals surface area contributed by atoms with E-state index in [1.165, 1.54) is 25.7 Å². The molecular formula is C13H22N4O. The molecule has 5 nitrogen and oxygen atoms in total. The van der Waals surface area contributed by atoms with E-state index in [2.05, 4.69) is 34.3 Å². The molecule has 0 amide bonds. The van der Waals surface area contributed by atoms with Crippen LogP contribution < -0.4 is 5.32 Å². The van der Waals surface area contributed by atoms with Gasteiger partial charge in [-0.25, -0.2) is 0 Å². The standard InChI is InChI=1S/C13H22N4O/c1-3-14-8-12-15-13(16-18-12)9-6-10-4-5-11(7-9)17(10)2/h9-11,14H,3-8H2,1-2H3. The third-order valence-electron chi connectivity index (χ3n) is 4.47. The first-order valence-electron chi connectivity index (χ1n) is 7.03. The van der Waals surface area contributed by atoms with Gasteiger partial charge in [-0.05, 0) is 39.3 Å². The second-order valence-electron chi connectivity index (χ2n) is 5.55. The minimum Gasteiger partial charge on any atom is -0.338 e. The van der Waals surface area contributed by atoms with E-state index in [9.17, 15) is 0 Å². The molecule has 2 aliphatic rings. The Hall–Kier alpha value is -0.940. The van der Waals surface area contributed by atoms with Crippen LogP contribution in [0, 0.1) is 0 Å². The maximum Gasteiger partial charge on any atom is 0.240 e. The summed E-state index contributed by atoms with van der Waals surface area (Å²) in [5.41, 5.74) is 0. The molecule has 0 saturated carbocycles. The Morgan fingerprint density at radius 1 is 1.33 bits per heavy atom. The first-order chi connectivity index (χ1) is 8.78. The summed E-state index contributed by atoms with van der Waals surface area (Å²) in [7, 11) is 2.26. The van der Waals surface area contributed by atoms with Gasteiger partial charge in [-0.2, -0.15) is 4.98 Å². The van der Waals surface area contributed by atoms with E-state index in [0.717, 1.165) is 30.3 Å². The first-order valence-corrected chi connectivity index (χ1v) is 7.03. The second-order valence-corrected chi connectivity index (χ2v) is 5.55. The van der Waals surface area contributed by atoms with Gasteiger partial charge in [0.05, 0.1) is 6.54 Å². The van der Waals surface area contributed by atoms with Crippen LogP contribution in [0.4, 0.5) is 0 Å². The van der Waals surface area contributed by atoms with Crippen molar-refractivity contribution >= 4 is 0 Å². The number of aromatic nitrogens is 2. The van der Waals surface area contributed by atoms with Gasteiger partial charge < -0.3 is 14.7 Å². The third kappa shape index (κ3) is 2.17. The molecule has 2 aliphatic heterocycles. The number of nitrogens with one attached hydrogen (secondary N) is 1. The number of piperidine rings is 1. The highest BCUT2D eigenvalue weighted by molar-refractivity contribution is 5.05. The Morgan fingerprint density at radius 2 is 2.06 bits per heavy atom. The Bertz CT molecular complexity index is 391. The van der Waals surface area contributed by atoms with Crippen molar-refractivity contribution in [1.82, 2.24) is 20.4 Å². The molecule has 0 radical (unpaired) electrons. The molecule has 1 N–H and O–H groups in total. The van der Waals surface area contributed by atoms with Crippen LogP contribution in [0.3, 0.4) is 0 Å². The fourth-order valence-electron chi connectivity index (χ4n) is 3.36. The molecule has 1 aromatic rings. The average molecular weight is 250 g/mol. The topological polar surface area (TPSA) is 54.2 Å². The highest BCUT2D eigenvalue weighted by Crippen LogP contribution is 2.41. The molecule has 1 aromatic heterocycles. The normalized spacial score (nSPS) is 32.0. The number of hydrogen-bond acceptors (Lipinski definition) is 5. The smallest absolute Gasteiger partial charge is 0.240 e. The molecule has 0 aromatic carbocycles. The highest BCUT2D eigenvalue weighted by atomic mass is 16.5. The van der Waals surface area contributed by atoms with Gasteiger partial charge in [0, 0.05) is 18.0 Å². The van der Waals surface area contributed by atoms with Gasteiger partial charge in [0.15, 0.2) is 5.82 Å². The lowest BCUT2D eigenvalue weighted by molar-refractivity contribution is 0.157. The zero-order chi connectivity index (χ0) is 12.5. The third-order valence-corrected chi connectivity index (χ3v) is 4.47. The van der Waals surface area contributed by atoms with Gasteiger partial charge in [0.1, 0.15) is 0 Å². The molecule has 5 heteroatoms. The summed E-state index contributed by atoms with van der Waals surface area (Å²) in [6, 6.07) is 1.45. The fraction of sp³-hybridized carbons (Fsp3) is 0.846. The number of rotatable bonds is 4. The van der Waals surface area contributed by atoms with E-state index in [1.54, 1.807) is 0 Å². The summed E-state index contributed by atoms with van der Waals surface area (Å²) in [5.74, 6) is 2.14. The van der Waals surface area contributed by atoms with E-state index < -0.39 is 0 Å². The predicted molar refractivity (Wildman–Crippen MR) is 68.2 cm³/mol. The quantitative estimate of drug-likeness (QED) is 0.878. The molecule has 18 heavy (non-hydrogen) atoms. The minimum absolute atomic E-state index is 0.498. The number of nitrogens with zero attached hydrogens (tertiary/aromatic N) is 3. The lowest BCUT2D eigenvalue weighted by atomic mass is 9.90. The van der Waals surface area contributed by atoms with Crippen molar-refractivity contribution in [3.05, 3.63) is 11.7 Å².